The summed E-state index contributed by atoms with van der Waals surface area (Å²) in [5.74, 6) is -0.920. The molecule has 64 valence electrons. The van der Waals surface area contributed by atoms with E-state index in [4.69, 9.17) is 9.84 Å². The van der Waals surface area contributed by atoms with Crippen LogP contribution in [-0.2, 0) is 9.53 Å². The second-order valence-corrected chi connectivity index (χ2v) is 2.91. The maximum Gasteiger partial charge on any atom is 0.327 e. The van der Waals surface area contributed by atoms with E-state index in [1.54, 1.807) is 13.2 Å². The van der Waals surface area contributed by atoms with Gasteiger partial charge in [0, 0.05) is 13.2 Å². The second-order valence-electron chi connectivity index (χ2n) is 2.91. The number of carboxylic acids is 1. The number of hydrogen-bond acceptors (Lipinski definition) is 2. The maximum absolute atomic E-state index is 10.0. The SMILES string of the molecule is COC(C)(C)C/C=C/C(=O)O. The first-order chi connectivity index (χ1) is 4.98. The fraction of sp³-hybridized carbons (Fsp3) is 0.625. The molecule has 0 saturated carbocycles. The van der Waals surface area contributed by atoms with Crippen LogP contribution in [0.25, 0.3) is 0 Å². The van der Waals surface area contributed by atoms with Crippen molar-refractivity contribution in [3.05, 3.63) is 12.2 Å². The molecule has 3 nitrogen and oxygen atoms in total. The minimum absolute atomic E-state index is 0.272. The van der Waals surface area contributed by atoms with Gasteiger partial charge in [0.15, 0.2) is 0 Å². The van der Waals surface area contributed by atoms with Crippen molar-refractivity contribution >= 4 is 5.97 Å². The van der Waals surface area contributed by atoms with Gasteiger partial charge in [-0.3, -0.25) is 0 Å². The third-order valence-corrected chi connectivity index (χ3v) is 1.42. The van der Waals surface area contributed by atoms with Crippen molar-refractivity contribution in [1.29, 1.82) is 0 Å². The van der Waals surface area contributed by atoms with Crippen LogP contribution in [0.2, 0.25) is 0 Å². The van der Waals surface area contributed by atoms with Gasteiger partial charge in [0.25, 0.3) is 0 Å². The topological polar surface area (TPSA) is 46.5 Å². The van der Waals surface area contributed by atoms with E-state index in [1.807, 2.05) is 13.8 Å². The average Bonchev–Trinajstić information content (AvgIpc) is 1.87. The van der Waals surface area contributed by atoms with Crippen LogP contribution in [0.5, 0.6) is 0 Å². The summed E-state index contributed by atoms with van der Waals surface area (Å²) in [7, 11) is 1.61. The van der Waals surface area contributed by atoms with Gasteiger partial charge in [0.05, 0.1) is 5.60 Å². The van der Waals surface area contributed by atoms with Gasteiger partial charge < -0.3 is 9.84 Å². The van der Waals surface area contributed by atoms with Gasteiger partial charge in [-0.05, 0) is 20.3 Å². The summed E-state index contributed by atoms with van der Waals surface area (Å²) >= 11 is 0. The van der Waals surface area contributed by atoms with Crippen LogP contribution in [-0.4, -0.2) is 23.8 Å². The molecule has 0 rings (SSSR count). The van der Waals surface area contributed by atoms with Gasteiger partial charge >= 0.3 is 5.97 Å². The van der Waals surface area contributed by atoms with Crippen molar-refractivity contribution < 1.29 is 14.6 Å². The second kappa shape index (κ2) is 4.13. The third-order valence-electron chi connectivity index (χ3n) is 1.42. The van der Waals surface area contributed by atoms with E-state index in [9.17, 15) is 4.79 Å². The molecule has 0 aromatic carbocycles. The normalized spacial score (nSPS) is 12.3. The Morgan fingerprint density at radius 1 is 1.64 bits per heavy atom. The number of hydrogen-bond donors (Lipinski definition) is 1. The fourth-order valence-corrected chi connectivity index (χ4v) is 0.527. The number of carboxylic acid groups (broad SMARTS) is 1. The van der Waals surface area contributed by atoms with Gasteiger partial charge in [0.1, 0.15) is 0 Å². The number of methoxy groups -OCH3 is 1. The Bertz CT molecular complexity index is 159. The molecule has 0 aliphatic heterocycles. The van der Waals surface area contributed by atoms with E-state index in [0.29, 0.717) is 6.42 Å². The van der Waals surface area contributed by atoms with E-state index in [1.165, 1.54) is 0 Å². The molecule has 0 fully saturated rings. The third kappa shape index (κ3) is 5.61. The van der Waals surface area contributed by atoms with Crippen LogP contribution in [0.1, 0.15) is 20.3 Å². The minimum Gasteiger partial charge on any atom is -0.478 e. The van der Waals surface area contributed by atoms with E-state index < -0.39 is 5.97 Å². The molecule has 0 aromatic heterocycles. The van der Waals surface area contributed by atoms with E-state index in [2.05, 4.69) is 0 Å². The molecule has 0 atom stereocenters. The molecular weight excluding hydrogens is 144 g/mol. The molecular formula is C8H14O3. The smallest absolute Gasteiger partial charge is 0.327 e. The predicted molar refractivity (Wildman–Crippen MR) is 42.5 cm³/mol. The quantitative estimate of drug-likeness (QED) is 0.630. The monoisotopic (exact) mass is 158 g/mol. The van der Waals surface area contributed by atoms with Crippen LogP contribution >= 0.6 is 0 Å². The van der Waals surface area contributed by atoms with Crippen molar-refractivity contribution in [2.45, 2.75) is 25.9 Å². The van der Waals surface area contributed by atoms with Crippen molar-refractivity contribution in [3.8, 4) is 0 Å². The molecule has 0 aliphatic carbocycles. The number of carbonyl (C=O) groups is 1. The highest BCUT2D eigenvalue weighted by molar-refractivity contribution is 5.79. The highest BCUT2D eigenvalue weighted by atomic mass is 16.5. The van der Waals surface area contributed by atoms with E-state index in [0.717, 1.165) is 6.08 Å². The molecule has 0 radical (unpaired) electrons. The van der Waals surface area contributed by atoms with Crippen LogP contribution in [0.15, 0.2) is 12.2 Å². The molecule has 3 heteroatoms. The Balaban J connectivity index is 3.78. The summed E-state index contributed by atoms with van der Waals surface area (Å²) in [5.41, 5.74) is -0.272. The van der Waals surface area contributed by atoms with Gasteiger partial charge in [-0.15, -0.1) is 0 Å². The molecule has 0 aromatic rings. The van der Waals surface area contributed by atoms with Crippen molar-refractivity contribution in [2.75, 3.05) is 7.11 Å². The molecule has 1 N–H and O–H groups in total. The molecule has 0 heterocycles. The Hall–Kier alpha value is -0.830. The Morgan fingerprint density at radius 2 is 2.18 bits per heavy atom. The van der Waals surface area contributed by atoms with Crippen LogP contribution in [0.3, 0.4) is 0 Å². The van der Waals surface area contributed by atoms with Crippen molar-refractivity contribution in [3.63, 3.8) is 0 Å². The zero-order valence-electron chi connectivity index (χ0n) is 7.13. The lowest BCUT2D eigenvalue weighted by molar-refractivity contribution is -0.131. The Labute approximate surface area is 66.7 Å². The molecule has 0 amide bonds. The first-order valence-corrected chi connectivity index (χ1v) is 3.42. The molecule has 0 unspecified atom stereocenters. The fourth-order valence-electron chi connectivity index (χ4n) is 0.527. The lowest BCUT2D eigenvalue weighted by atomic mass is 10.1. The Morgan fingerprint density at radius 3 is 2.55 bits per heavy atom. The van der Waals surface area contributed by atoms with Crippen molar-refractivity contribution in [2.24, 2.45) is 0 Å². The average molecular weight is 158 g/mol. The number of rotatable bonds is 4. The largest absolute Gasteiger partial charge is 0.478 e. The zero-order valence-corrected chi connectivity index (χ0v) is 7.13. The lowest BCUT2D eigenvalue weighted by Crippen LogP contribution is -2.20. The molecule has 0 saturated heterocycles. The molecule has 0 bridgehead atoms. The van der Waals surface area contributed by atoms with Gasteiger partial charge in [0.2, 0.25) is 0 Å². The van der Waals surface area contributed by atoms with Gasteiger partial charge in [-0.1, -0.05) is 6.08 Å². The van der Waals surface area contributed by atoms with Crippen LogP contribution in [0.4, 0.5) is 0 Å². The zero-order chi connectivity index (χ0) is 8.91. The first-order valence-electron chi connectivity index (χ1n) is 3.42. The predicted octanol–water partition coefficient (Wildman–Crippen LogP) is 1.44. The van der Waals surface area contributed by atoms with E-state index in [-0.39, 0.29) is 5.60 Å². The number of ether oxygens (including phenoxy) is 1. The maximum atomic E-state index is 10.0. The summed E-state index contributed by atoms with van der Waals surface area (Å²) in [6, 6.07) is 0. The Kier molecular flexibility index (Phi) is 3.82. The number of aliphatic carboxylic acids is 1. The van der Waals surface area contributed by atoms with Crippen LogP contribution in [0, 0.1) is 0 Å². The highest BCUT2D eigenvalue weighted by Gasteiger charge is 2.13. The van der Waals surface area contributed by atoms with Gasteiger partial charge in [-0.2, -0.15) is 0 Å². The summed E-state index contributed by atoms with van der Waals surface area (Å²) < 4.78 is 5.08. The summed E-state index contributed by atoms with van der Waals surface area (Å²) in [6.07, 6.45) is 3.32. The molecule has 0 spiro atoms. The molecule has 0 aliphatic rings. The molecule has 11 heavy (non-hydrogen) atoms. The lowest BCUT2D eigenvalue weighted by Gasteiger charge is -2.20. The van der Waals surface area contributed by atoms with Crippen molar-refractivity contribution in [1.82, 2.24) is 0 Å². The summed E-state index contributed by atoms with van der Waals surface area (Å²) in [5, 5.41) is 8.26. The summed E-state index contributed by atoms with van der Waals surface area (Å²) in [4.78, 5) is 10.0. The standard InChI is InChI=1S/C8H14O3/c1-8(2,11-3)6-4-5-7(9)10/h4-5H,6H2,1-3H3,(H,9,10)/b5-4+. The van der Waals surface area contributed by atoms with E-state index >= 15 is 0 Å². The van der Waals surface area contributed by atoms with Gasteiger partial charge in [-0.25, -0.2) is 4.79 Å². The minimum atomic E-state index is -0.920. The summed E-state index contributed by atoms with van der Waals surface area (Å²) in [6.45, 7) is 3.80. The van der Waals surface area contributed by atoms with Crippen LogP contribution < -0.4 is 0 Å². The first kappa shape index (κ1) is 10.2. The highest BCUT2D eigenvalue weighted by Crippen LogP contribution is 2.12.